The number of sulfonamides is 1. The number of carbonyl (C=O) groups is 1. The van der Waals surface area contributed by atoms with Crippen molar-refractivity contribution in [2.75, 3.05) is 6.54 Å². The molecule has 0 aliphatic heterocycles. The fraction of sp³-hybridized carbons (Fsp3) is 0.167. The third-order valence-electron chi connectivity index (χ3n) is 4.82. The van der Waals surface area contributed by atoms with Crippen LogP contribution in [0.2, 0.25) is 10.0 Å². The minimum Gasteiger partial charge on any atom is -0.272 e. The summed E-state index contributed by atoms with van der Waals surface area (Å²) in [6.07, 6.45) is 1.49. The highest BCUT2D eigenvalue weighted by atomic mass is 35.5. The Hall–Kier alpha value is -2.71. The summed E-state index contributed by atoms with van der Waals surface area (Å²) in [5.41, 5.74) is 5.57. The van der Waals surface area contributed by atoms with E-state index >= 15 is 0 Å². The van der Waals surface area contributed by atoms with Crippen LogP contribution in [0, 0.1) is 13.8 Å². The largest absolute Gasteiger partial charge is 0.272 e. The highest BCUT2D eigenvalue weighted by Crippen LogP contribution is 2.28. The lowest BCUT2D eigenvalue weighted by atomic mass is 10.2. The second-order valence-electron chi connectivity index (χ2n) is 7.49. The molecule has 0 atom stereocenters. The van der Waals surface area contributed by atoms with E-state index in [-0.39, 0.29) is 11.4 Å². The fourth-order valence-electron chi connectivity index (χ4n) is 3.07. The van der Waals surface area contributed by atoms with Crippen LogP contribution in [-0.4, -0.2) is 31.4 Å². The van der Waals surface area contributed by atoms with Gasteiger partial charge in [0.15, 0.2) is 0 Å². The molecule has 9 heteroatoms. The molecule has 0 fully saturated rings. The van der Waals surface area contributed by atoms with Gasteiger partial charge in [-0.25, -0.2) is 13.8 Å². The molecule has 0 aliphatic rings. The number of hydrazone groups is 1. The summed E-state index contributed by atoms with van der Waals surface area (Å²) in [6, 6.07) is 18.9. The fourth-order valence-corrected chi connectivity index (χ4v) is 4.95. The molecule has 33 heavy (non-hydrogen) atoms. The highest BCUT2D eigenvalue weighted by Gasteiger charge is 2.28. The molecule has 0 bridgehead atoms. The molecule has 3 aromatic carbocycles. The number of amides is 1. The van der Waals surface area contributed by atoms with Crippen molar-refractivity contribution in [3.05, 3.63) is 99.0 Å². The van der Waals surface area contributed by atoms with Crippen molar-refractivity contribution >= 4 is 45.3 Å². The predicted octanol–water partition coefficient (Wildman–Crippen LogP) is 4.95. The van der Waals surface area contributed by atoms with Crippen LogP contribution in [0.15, 0.2) is 76.7 Å². The molecule has 0 saturated carbocycles. The van der Waals surface area contributed by atoms with Crippen LogP contribution in [0.5, 0.6) is 0 Å². The van der Waals surface area contributed by atoms with Gasteiger partial charge >= 0.3 is 0 Å². The number of halogens is 2. The summed E-state index contributed by atoms with van der Waals surface area (Å²) in [6.45, 7) is 3.16. The summed E-state index contributed by atoms with van der Waals surface area (Å²) in [5.74, 6) is -0.599. The third-order valence-corrected chi connectivity index (χ3v) is 7.33. The number of carbonyl (C=O) groups excluding carboxylic acids is 1. The highest BCUT2D eigenvalue weighted by molar-refractivity contribution is 7.89. The van der Waals surface area contributed by atoms with Gasteiger partial charge in [0.05, 0.1) is 17.7 Å². The number of hydrogen-bond acceptors (Lipinski definition) is 4. The van der Waals surface area contributed by atoms with Gasteiger partial charge in [0, 0.05) is 22.2 Å². The lowest BCUT2D eigenvalue weighted by molar-refractivity contribution is -0.121. The van der Waals surface area contributed by atoms with Crippen molar-refractivity contribution in [3.63, 3.8) is 0 Å². The van der Waals surface area contributed by atoms with E-state index in [0.29, 0.717) is 15.6 Å². The van der Waals surface area contributed by atoms with E-state index in [1.165, 1.54) is 18.3 Å². The summed E-state index contributed by atoms with van der Waals surface area (Å²) < 4.78 is 27.8. The third kappa shape index (κ3) is 6.65. The zero-order valence-corrected chi connectivity index (χ0v) is 20.5. The van der Waals surface area contributed by atoms with Gasteiger partial charge in [-0.15, -0.1) is 0 Å². The first-order valence-electron chi connectivity index (χ1n) is 10.0. The molecule has 1 N–H and O–H groups in total. The summed E-state index contributed by atoms with van der Waals surface area (Å²) >= 11 is 12.5. The van der Waals surface area contributed by atoms with Crippen molar-refractivity contribution in [1.29, 1.82) is 0 Å². The quantitative estimate of drug-likeness (QED) is 0.348. The Labute approximate surface area is 203 Å². The second kappa shape index (κ2) is 10.9. The predicted molar refractivity (Wildman–Crippen MR) is 132 cm³/mol. The van der Waals surface area contributed by atoms with E-state index in [2.05, 4.69) is 10.5 Å². The van der Waals surface area contributed by atoms with Crippen molar-refractivity contribution in [2.24, 2.45) is 5.10 Å². The van der Waals surface area contributed by atoms with E-state index in [1.54, 1.807) is 30.3 Å². The van der Waals surface area contributed by atoms with Gasteiger partial charge in [-0.2, -0.15) is 9.41 Å². The first kappa shape index (κ1) is 24.9. The molecule has 0 spiro atoms. The molecule has 3 aromatic rings. The van der Waals surface area contributed by atoms with Gasteiger partial charge in [0.25, 0.3) is 5.91 Å². The molecule has 172 valence electrons. The number of nitrogens with zero attached hydrogens (tertiary/aromatic N) is 2. The summed E-state index contributed by atoms with van der Waals surface area (Å²) in [4.78, 5) is 12.7. The number of aryl methyl sites for hydroxylation is 2. The molecule has 0 aromatic heterocycles. The van der Waals surface area contributed by atoms with E-state index < -0.39 is 22.5 Å². The number of rotatable bonds is 8. The van der Waals surface area contributed by atoms with E-state index in [0.717, 1.165) is 21.0 Å². The molecule has 3 rings (SSSR count). The summed E-state index contributed by atoms with van der Waals surface area (Å²) in [7, 11) is -4.02. The normalized spacial score (nSPS) is 11.8. The maximum absolute atomic E-state index is 13.4. The molecule has 0 unspecified atom stereocenters. The number of hydrogen-bond donors (Lipinski definition) is 1. The van der Waals surface area contributed by atoms with Crippen molar-refractivity contribution < 1.29 is 13.2 Å². The monoisotopic (exact) mass is 503 g/mol. The van der Waals surface area contributed by atoms with Gasteiger partial charge < -0.3 is 0 Å². The van der Waals surface area contributed by atoms with Crippen LogP contribution in [0.4, 0.5) is 0 Å². The lowest BCUT2D eigenvalue weighted by Gasteiger charge is -2.22. The van der Waals surface area contributed by atoms with Crippen LogP contribution in [0.25, 0.3) is 0 Å². The Kier molecular flexibility index (Phi) is 8.26. The van der Waals surface area contributed by atoms with Crippen molar-refractivity contribution in [3.8, 4) is 0 Å². The Bertz CT molecular complexity index is 1260. The Morgan fingerprint density at radius 1 is 0.970 bits per heavy atom. The molecule has 6 nitrogen and oxygen atoms in total. The number of nitrogens with one attached hydrogen (secondary N) is 1. The molecule has 1 amide bonds. The second-order valence-corrected chi connectivity index (χ2v) is 10.2. The minimum absolute atomic E-state index is 0.0624. The van der Waals surface area contributed by atoms with Crippen LogP contribution < -0.4 is 5.43 Å². The average Bonchev–Trinajstić information content (AvgIpc) is 2.76. The van der Waals surface area contributed by atoms with Crippen molar-refractivity contribution in [1.82, 2.24) is 9.73 Å². The Morgan fingerprint density at radius 2 is 1.61 bits per heavy atom. The molecule has 0 aliphatic carbocycles. The topological polar surface area (TPSA) is 78.8 Å². The maximum atomic E-state index is 13.4. The lowest BCUT2D eigenvalue weighted by Crippen LogP contribution is -2.39. The van der Waals surface area contributed by atoms with E-state index in [9.17, 15) is 13.2 Å². The maximum Gasteiger partial charge on any atom is 0.255 e. The standard InChI is InChI=1S/C24H23Cl2N3O3S/c1-17-9-11-20(12-10-17)33(31,32)29(15-21-22(25)7-4-8-23(21)26)16-24(30)28-27-14-19-6-3-5-18(2)13-19/h3-14H,15-16H2,1-2H3,(H,28,30)/b27-14-. The smallest absolute Gasteiger partial charge is 0.255 e. The van der Waals surface area contributed by atoms with Crippen LogP contribution in [0.1, 0.15) is 22.3 Å². The van der Waals surface area contributed by atoms with Gasteiger partial charge in [0.1, 0.15) is 0 Å². The zero-order valence-electron chi connectivity index (χ0n) is 18.1. The molecular formula is C24H23Cl2N3O3S. The van der Waals surface area contributed by atoms with E-state index in [4.69, 9.17) is 23.2 Å². The first-order valence-corrected chi connectivity index (χ1v) is 12.2. The Balaban J connectivity index is 1.84. The average molecular weight is 504 g/mol. The first-order chi connectivity index (χ1) is 15.7. The van der Waals surface area contributed by atoms with Crippen LogP contribution in [0.3, 0.4) is 0 Å². The van der Waals surface area contributed by atoms with Gasteiger partial charge in [-0.3, -0.25) is 4.79 Å². The molecule has 0 heterocycles. The number of benzene rings is 3. The molecule has 0 saturated heterocycles. The van der Waals surface area contributed by atoms with E-state index in [1.807, 2.05) is 38.1 Å². The van der Waals surface area contributed by atoms with Gasteiger partial charge in [-0.05, 0) is 43.7 Å². The zero-order chi connectivity index (χ0) is 24.0. The molecule has 0 radical (unpaired) electrons. The van der Waals surface area contributed by atoms with Crippen LogP contribution >= 0.6 is 23.2 Å². The van der Waals surface area contributed by atoms with Gasteiger partial charge in [0.2, 0.25) is 10.0 Å². The van der Waals surface area contributed by atoms with Crippen molar-refractivity contribution in [2.45, 2.75) is 25.3 Å². The van der Waals surface area contributed by atoms with Gasteiger partial charge in [-0.1, -0.05) is 76.8 Å². The Morgan fingerprint density at radius 3 is 2.24 bits per heavy atom. The van der Waals surface area contributed by atoms with Crippen LogP contribution in [-0.2, 0) is 21.4 Å². The summed E-state index contributed by atoms with van der Waals surface area (Å²) in [5, 5.41) is 4.57. The SMILES string of the molecule is Cc1ccc(S(=O)(=O)N(CC(=O)N/N=C\c2cccc(C)c2)Cc2c(Cl)cccc2Cl)cc1. The minimum atomic E-state index is -4.02. The molecular weight excluding hydrogens is 481 g/mol.